The summed E-state index contributed by atoms with van der Waals surface area (Å²) in [5.74, 6) is 0.0823. The van der Waals surface area contributed by atoms with Crippen molar-refractivity contribution in [2.45, 2.75) is 10.1 Å². The molecule has 18 heavy (non-hydrogen) atoms. The zero-order valence-electron chi connectivity index (χ0n) is 9.49. The monoisotopic (exact) mass is 282 g/mol. The first kappa shape index (κ1) is 12.8. The fraction of sp³-hybridized carbons (Fsp3) is 0.182. The van der Waals surface area contributed by atoms with Crippen molar-refractivity contribution in [3.63, 3.8) is 0 Å². The Kier molecular flexibility index (Phi) is 4.16. The summed E-state index contributed by atoms with van der Waals surface area (Å²) in [4.78, 5) is 10.9. The number of carbonyl (C=O) groups is 1. The van der Waals surface area contributed by atoms with Crippen LogP contribution in [0.1, 0.15) is 15.9 Å². The zero-order valence-corrected chi connectivity index (χ0v) is 11.1. The lowest BCUT2D eigenvalue weighted by atomic mass is 10.1. The first-order valence-electron chi connectivity index (χ1n) is 5.00. The first-order chi connectivity index (χ1) is 8.70. The summed E-state index contributed by atoms with van der Waals surface area (Å²) in [5.41, 5.74) is 2.83. The molecule has 0 atom stereocenters. The highest BCUT2D eigenvalue weighted by molar-refractivity contribution is 8.00. The predicted molar refractivity (Wildman–Crippen MR) is 69.4 cm³/mol. The summed E-state index contributed by atoms with van der Waals surface area (Å²) < 4.78 is 5.95. The Labute approximate surface area is 112 Å². The lowest BCUT2D eigenvalue weighted by molar-refractivity contribution is 0.0693. The van der Waals surface area contributed by atoms with Crippen LogP contribution >= 0.6 is 23.1 Å². The lowest BCUT2D eigenvalue weighted by Crippen LogP contribution is -2.00. The highest BCUT2D eigenvalue weighted by atomic mass is 32.2. The number of benzene rings is 1. The number of carboxylic acid groups (broad SMARTS) is 1. The van der Waals surface area contributed by atoms with Crippen molar-refractivity contribution >= 4 is 29.1 Å². The third-order valence-corrected chi connectivity index (χ3v) is 4.13. The molecular weight excluding hydrogens is 272 g/mol. The predicted octanol–water partition coefficient (Wildman–Crippen LogP) is 2.54. The van der Waals surface area contributed by atoms with Crippen molar-refractivity contribution in [3.05, 3.63) is 34.8 Å². The van der Waals surface area contributed by atoms with Gasteiger partial charge in [-0.05, 0) is 17.7 Å². The van der Waals surface area contributed by atoms with Crippen LogP contribution in [-0.2, 0) is 5.75 Å². The maximum absolute atomic E-state index is 10.9. The molecule has 5 nitrogen and oxygen atoms in total. The lowest BCUT2D eigenvalue weighted by Gasteiger charge is -2.07. The second kappa shape index (κ2) is 5.83. The van der Waals surface area contributed by atoms with E-state index in [1.165, 1.54) is 18.4 Å². The molecule has 1 aromatic carbocycles. The van der Waals surface area contributed by atoms with Crippen molar-refractivity contribution in [1.82, 2.24) is 10.2 Å². The van der Waals surface area contributed by atoms with Gasteiger partial charge in [-0.15, -0.1) is 10.2 Å². The van der Waals surface area contributed by atoms with E-state index >= 15 is 0 Å². The van der Waals surface area contributed by atoms with E-state index in [4.69, 9.17) is 9.84 Å². The standard InChI is InChI=1S/C11H10N2O3S2/c1-16-9-4-7(2-3-8(9)10(14)15)5-17-11-13-12-6-18-11/h2-4,6H,5H2,1H3,(H,14,15). The van der Waals surface area contributed by atoms with Crippen LogP contribution in [0.15, 0.2) is 28.0 Å². The molecule has 0 spiro atoms. The number of carboxylic acids is 1. The number of aromatic carboxylic acids is 1. The van der Waals surface area contributed by atoms with Crippen molar-refractivity contribution in [2.75, 3.05) is 7.11 Å². The van der Waals surface area contributed by atoms with E-state index in [0.29, 0.717) is 11.5 Å². The molecule has 0 aliphatic heterocycles. The Morgan fingerprint density at radius 2 is 2.39 bits per heavy atom. The summed E-state index contributed by atoms with van der Waals surface area (Å²) in [7, 11) is 1.46. The number of hydrogen-bond donors (Lipinski definition) is 1. The Morgan fingerprint density at radius 1 is 1.56 bits per heavy atom. The van der Waals surface area contributed by atoms with Gasteiger partial charge in [-0.3, -0.25) is 0 Å². The largest absolute Gasteiger partial charge is 0.496 e. The van der Waals surface area contributed by atoms with Crippen molar-refractivity contribution in [1.29, 1.82) is 0 Å². The molecule has 1 N–H and O–H groups in total. The molecule has 1 aromatic heterocycles. The topological polar surface area (TPSA) is 72.3 Å². The fourth-order valence-corrected chi connectivity index (χ4v) is 2.80. The molecule has 0 aliphatic rings. The molecule has 0 bridgehead atoms. The van der Waals surface area contributed by atoms with E-state index in [2.05, 4.69) is 10.2 Å². The number of thioether (sulfide) groups is 1. The summed E-state index contributed by atoms with van der Waals surface area (Å²) in [6.07, 6.45) is 0. The number of aromatic nitrogens is 2. The molecule has 0 amide bonds. The average Bonchev–Trinajstić information content (AvgIpc) is 2.88. The van der Waals surface area contributed by atoms with E-state index in [0.717, 1.165) is 9.90 Å². The highest BCUT2D eigenvalue weighted by Crippen LogP contribution is 2.27. The SMILES string of the molecule is COc1cc(CSc2nncs2)ccc1C(=O)O. The van der Waals surface area contributed by atoms with Gasteiger partial charge in [0.25, 0.3) is 0 Å². The smallest absolute Gasteiger partial charge is 0.339 e. The maximum atomic E-state index is 10.9. The number of methoxy groups -OCH3 is 1. The molecule has 0 aliphatic carbocycles. The molecule has 7 heteroatoms. The summed E-state index contributed by atoms with van der Waals surface area (Å²) >= 11 is 3.03. The molecule has 0 fully saturated rings. The van der Waals surface area contributed by atoms with Crippen LogP contribution in [0, 0.1) is 0 Å². The number of ether oxygens (including phenoxy) is 1. The normalized spacial score (nSPS) is 10.3. The minimum absolute atomic E-state index is 0.169. The van der Waals surface area contributed by atoms with E-state index in [9.17, 15) is 4.79 Å². The van der Waals surface area contributed by atoms with Gasteiger partial charge in [-0.25, -0.2) is 4.79 Å². The Bertz CT molecular complexity index is 543. The van der Waals surface area contributed by atoms with E-state index in [1.54, 1.807) is 35.5 Å². The molecule has 0 saturated carbocycles. The van der Waals surface area contributed by atoms with Gasteiger partial charge in [0, 0.05) is 5.75 Å². The van der Waals surface area contributed by atoms with Gasteiger partial charge in [0.1, 0.15) is 16.8 Å². The number of rotatable bonds is 5. The van der Waals surface area contributed by atoms with Crippen molar-refractivity contribution in [3.8, 4) is 5.75 Å². The maximum Gasteiger partial charge on any atom is 0.339 e. The van der Waals surface area contributed by atoms with Crippen molar-refractivity contribution in [2.24, 2.45) is 0 Å². The van der Waals surface area contributed by atoms with Crippen LogP contribution < -0.4 is 4.74 Å². The number of nitrogens with zero attached hydrogens (tertiary/aromatic N) is 2. The zero-order chi connectivity index (χ0) is 13.0. The summed E-state index contributed by atoms with van der Waals surface area (Å²) in [5, 5.41) is 16.6. The first-order valence-corrected chi connectivity index (χ1v) is 6.86. The molecule has 2 aromatic rings. The van der Waals surface area contributed by atoms with Gasteiger partial charge in [0.15, 0.2) is 4.34 Å². The fourth-order valence-electron chi connectivity index (χ4n) is 1.37. The van der Waals surface area contributed by atoms with Gasteiger partial charge >= 0.3 is 5.97 Å². The van der Waals surface area contributed by atoms with Gasteiger partial charge in [0.2, 0.25) is 0 Å². The highest BCUT2D eigenvalue weighted by Gasteiger charge is 2.11. The van der Waals surface area contributed by atoms with Crippen LogP contribution in [0.3, 0.4) is 0 Å². The summed E-state index contributed by atoms with van der Waals surface area (Å²) in [6, 6.07) is 5.06. The second-order valence-corrected chi connectivity index (χ2v) is 5.39. The quantitative estimate of drug-likeness (QED) is 0.850. The van der Waals surface area contributed by atoms with Crippen LogP contribution in [0.5, 0.6) is 5.75 Å². The minimum Gasteiger partial charge on any atom is -0.496 e. The number of hydrogen-bond acceptors (Lipinski definition) is 6. The average molecular weight is 282 g/mol. The third kappa shape index (κ3) is 2.99. The van der Waals surface area contributed by atoms with E-state index in [1.807, 2.05) is 0 Å². The van der Waals surface area contributed by atoms with Crippen molar-refractivity contribution < 1.29 is 14.6 Å². The molecule has 0 saturated heterocycles. The molecule has 1 heterocycles. The van der Waals surface area contributed by atoms with Gasteiger partial charge in [-0.2, -0.15) is 0 Å². The van der Waals surface area contributed by atoms with Crippen LogP contribution in [0.4, 0.5) is 0 Å². The van der Waals surface area contributed by atoms with E-state index < -0.39 is 5.97 Å². The van der Waals surface area contributed by atoms with E-state index in [-0.39, 0.29) is 5.56 Å². The Hall–Kier alpha value is -1.60. The second-order valence-electron chi connectivity index (χ2n) is 3.33. The molecule has 0 unspecified atom stereocenters. The third-order valence-electron chi connectivity index (χ3n) is 2.20. The van der Waals surface area contributed by atoms with Gasteiger partial charge in [-0.1, -0.05) is 29.2 Å². The summed E-state index contributed by atoms with van der Waals surface area (Å²) in [6.45, 7) is 0. The van der Waals surface area contributed by atoms with Crippen LogP contribution in [-0.4, -0.2) is 28.4 Å². The van der Waals surface area contributed by atoms with Gasteiger partial charge < -0.3 is 9.84 Å². The van der Waals surface area contributed by atoms with Gasteiger partial charge in [0.05, 0.1) is 7.11 Å². The molecular formula is C11H10N2O3S2. The Morgan fingerprint density at radius 3 is 3.00 bits per heavy atom. The molecule has 0 radical (unpaired) electrons. The minimum atomic E-state index is -0.991. The molecule has 94 valence electrons. The van der Waals surface area contributed by atoms with Crippen LogP contribution in [0.2, 0.25) is 0 Å². The van der Waals surface area contributed by atoms with Crippen LogP contribution in [0.25, 0.3) is 0 Å². The molecule has 2 rings (SSSR count). The Balaban J connectivity index is 2.12.